The van der Waals surface area contributed by atoms with E-state index in [1.165, 1.54) is 11.1 Å². The van der Waals surface area contributed by atoms with Gasteiger partial charge in [-0.05, 0) is 38.1 Å². The molecule has 1 atom stereocenters. The molecule has 1 amide bonds. The van der Waals surface area contributed by atoms with Crippen LogP contribution in [0.4, 0.5) is 5.69 Å². The predicted molar refractivity (Wildman–Crippen MR) is 93.1 cm³/mol. The summed E-state index contributed by atoms with van der Waals surface area (Å²) in [6.07, 6.45) is 0. The van der Waals surface area contributed by atoms with Gasteiger partial charge in [0.15, 0.2) is 6.54 Å². The van der Waals surface area contributed by atoms with Crippen LogP contribution >= 0.6 is 0 Å². The number of benzene rings is 2. The van der Waals surface area contributed by atoms with Gasteiger partial charge in [0.2, 0.25) is 0 Å². The Morgan fingerprint density at radius 1 is 1.00 bits per heavy atom. The highest BCUT2D eigenvalue weighted by Crippen LogP contribution is 2.10. The summed E-state index contributed by atoms with van der Waals surface area (Å²) in [4.78, 5) is 13.1. The minimum absolute atomic E-state index is 0.0155. The molecule has 0 bridgehead atoms. The van der Waals surface area contributed by atoms with Crippen LogP contribution in [-0.4, -0.2) is 32.7 Å². The third-order valence-electron chi connectivity index (χ3n) is 3.62. The molecule has 0 aliphatic heterocycles. The van der Waals surface area contributed by atoms with Gasteiger partial charge in [0.1, 0.15) is 18.9 Å². The van der Waals surface area contributed by atoms with Crippen molar-refractivity contribution < 1.29 is 14.4 Å². The van der Waals surface area contributed by atoms with E-state index < -0.39 is 0 Å². The SMILES string of the molecule is Cc1ccc(NC(=O)C[NH+](C)CCOc2ccc(C)cc2)cc1. The minimum Gasteiger partial charge on any atom is -0.488 e. The summed E-state index contributed by atoms with van der Waals surface area (Å²) >= 11 is 0. The molecule has 4 nitrogen and oxygen atoms in total. The number of carbonyl (C=O) groups is 1. The Bertz CT molecular complexity index is 621. The number of quaternary nitrogens is 1. The van der Waals surface area contributed by atoms with E-state index in [0.717, 1.165) is 22.9 Å². The topological polar surface area (TPSA) is 42.8 Å². The van der Waals surface area contributed by atoms with Gasteiger partial charge in [-0.1, -0.05) is 35.4 Å². The van der Waals surface area contributed by atoms with Crippen molar-refractivity contribution in [2.24, 2.45) is 0 Å². The maximum Gasteiger partial charge on any atom is 0.279 e. The van der Waals surface area contributed by atoms with E-state index in [0.29, 0.717) is 13.2 Å². The van der Waals surface area contributed by atoms with Crippen LogP contribution in [0.1, 0.15) is 11.1 Å². The van der Waals surface area contributed by atoms with Crippen LogP contribution in [0, 0.1) is 13.8 Å². The highest BCUT2D eigenvalue weighted by molar-refractivity contribution is 5.91. The fourth-order valence-corrected chi connectivity index (χ4v) is 2.18. The number of aryl methyl sites for hydroxylation is 2. The summed E-state index contributed by atoms with van der Waals surface area (Å²) in [5.74, 6) is 0.884. The first-order chi connectivity index (χ1) is 11.0. The number of nitrogens with one attached hydrogen (secondary N) is 2. The Labute approximate surface area is 138 Å². The second-order valence-electron chi connectivity index (χ2n) is 5.96. The normalized spacial score (nSPS) is 11.8. The zero-order chi connectivity index (χ0) is 16.7. The first-order valence-corrected chi connectivity index (χ1v) is 7.90. The third kappa shape index (κ3) is 6.12. The third-order valence-corrected chi connectivity index (χ3v) is 3.62. The number of ether oxygens (including phenoxy) is 1. The second-order valence-corrected chi connectivity index (χ2v) is 5.96. The van der Waals surface area contributed by atoms with Crippen molar-refractivity contribution in [1.82, 2.24) is 0 Å². The quantitative estimate of drug-likeness (QED) is 0.819. The van der Waals surface area contributed by atoms with Gasteiger partial charge in [0.05, 0.1) is 7.05 Å². The number of hydrogen-bond donors (Lipinski definition) is 2. The highest BCUT2D eigenvalue weighted by atomic mass is 16.5. The summed E-state index contributed by atoms with van der Waals surface area (Å²) in [6.45, 7) is 5.86. The van der Waals surface area contributed by atoms with E-state index in [2.05, 4.69) is 5.32 Å². The van der Waals surface area contributed by atoms with Crippen LogP contribution in [0.5, 0.6) is 5.75 Å². The lowest BCUT2D eigenvalue weighted by atomic mass is 10.2. The van der Waals surface area contributed by atoms with Gasteiger partial charge in [-0.15, -0.1) is 0 Å². The maximum atomic E-state index is 12.0. The molecule has 0 aliphatic carbocycles. The standard InChI is InChI=1S/C19H24N2O2/c1-15-4-8-17(9-5-15)20-19(22)14-21(3)12-13-23-18-10-6-16(2)7-11-18/h4-11H,12-14H2,1-3H3,(H,20,22)/p+1. The Morgan fingerprint density at radius 3 is 2.17 bits per heavy atom. The molecule has 122 valence electrons. The van der Waals surface area contributed by atoms with Crippen LogP contribution in [-0.2, 0) is 4.79 Å². The van der Waals surface area contributed by atoms with Gasteiger partial charge < -0.3 is 15.0 Å². The number of hydrogen-bond acceptors (Lipinski definition) is 2. The Balaban J connectivity index is 1.69. The van der Waals surface area contributed by atoms with Gasteiger partial charge >= 0.3 is 0 Å². The first kappa shape index (κ1) is 17.0. The molecular weight excluding hydrogens is 288 g/mol. The van der Waals surface area contributed by atoms with Crippen molar-refractivity contribution >= 4 is 11.6 Å². The lowest BCUT2D eigenvalue weighted by molar-refractivity contribution is -0.871. The molecule has 0 spiro atoms. The zero-order valence-electron chi connectivity index (χ0n) is 14.1. The van der Waals surface area contributed by atoms with Crippen LogP contribution in [0.25, 0.3) is 0 Å². The van der Waals surface area contributed by atoms with Gasteiger partial charge in [0, 0.05) is 5.69 Å². The lowest BCUT2D eigenvalue weighted by Gasteiger charge is -2.14. The van der Waals surface area contributed by atoms with Crippen molar-refractivity contribution in [3.05, 3.63) is 59.7 Å². The number of likely N-dealkylation sites (N-methyl/N-ethyl adjacent to an activating group) is 1. The van der Waals surface area contributed by atoms with Crippen LogP contribution < -0.4 is 15.0 Å². The molecule has 0 aliphatic rings. The van der Waals surface area contributed by atoms with Crippen molar-refractivity contribution in [1.29, 1.82) is 0 Å². The van der Waals surface area contributed by atoms with Crippen LogP contribution in [0.3, 0.4) is 0 Å². The average Bonchev–Trinajstić information content (AvgIpc) is 2.51. The van der Waals surface area contributed by atoms with Crippen LogP contribution in [0.15, 0.2) is 48.5 Å². The van der Waals surface area contributed by atoms with Crippen molar-refractivity contribution in [2.45, 2.75) is 13.8 Å². The minimum atomic E-state index is 0.0155. The summed E-state index contributed by atoms with van der Waals surface area (Å²) in [5, 5.41) is 2.91. The molecule has 0 saturated heterocycles. The number of carbonyl (C=O) groups excluding carboxylic acids is 1. The fraction of sp³-hybridized carbons (Fsp3) is 0.316. The molecule has 2 aromatic carbocycles. The zero-order valence-corrected chi connectivity index (χ0v) is 14.1. The Morgan fingerprint density at radius 2 is 1.57 bits per heavy atom. The largest absolute Gasteiger partial charge is 0.488 e. The number of rotatable bonds is 7. The van der Waals surface area contributed by atoms with Crippen molar-refractivity contribution in [2.75, 3.05) is 32.1 Å². The van der Waals surface area contributed by atoms with Gasteiger partial charge in [-0.3, -0.25) is 4.79 Å². The summed E-state index contributed by atoms with van der Waals surface area (Å²) < 4.78 is 5.69. The van der Waals surface area contributed by atoms with Crippen molar-refractivity contribution in [3.63, 3.8) is 0 Å². The van der Waals surface area contributed by atoms with E-state index in [9.17, 15) is 4.79 Å². The smallest absolute Gasteiger partial charge is 0.279 e. The number of amides is 1. The number of anilines is 1. The molecule has 2 aromatic rings. The molecule has 0 aromatic heterocycles. The summed E-state index contributed by atoms with van der Waals surface area (Å²) in [5.41, 5.74) is 3.23. The van der Waals surface area contributed by atoms with Crippen LogP contribution in [0.2, 0.25) is 0 Å². The fourth-order valence-electron chi connectivity index (χ4n) is 2.18. The lowest BCUT2D eigenvalue weighted by Crippen LogP contribution is -3.10. The maximum absolute atomic E-state index is 12.0. The van der Waals surface area contributed by atoms with E-state index in [-0.39, 0.29) is 5.91 Å². The first-order valence-electron chi connectivity index (χ1n) is 7.90. The molecular formula is C19H25N2O2+. The molecule has 0 saturated carbocycles. The molecule has 2 N–H and O–H groups in total. The summed E-state index contributed by atoms with van der Waals surface area (Å²) in [6, 6.07) is 15.8. The van der Waals surface area contributed by atoms with Gasteiger partial charge in [0.25, 0.3) is 5.91 Å². The van der Waals surface area contributed by atoms with E-state index in [1.54, 1.807) is 0 Å². The van der Waals surface area contributed by atoms with E-state index >= 15 is 0 Å². The highest BCUT2D eigenvalue weighted by Gasteiger charge is 2.10. The van der Waals surface area contributed by atoms with E-state index in [1.807, 2.05) is 69.4 Å². The molecule has 23 heavy (non-hydrogen) atoms. The van der Waals surface area contributed by atoms with Crippen molar-refractivity contribution in [3.8, 4) is 5.75 Å². The molecule has 1 unspecified atom stereocenters. The molecule has 0 radical (unpaired) electrons. The average molecular weight is 313 g/mol. The Kier molecular flexibility index (Phi) is 6.18. The molecule has 2 rings (SSSR count). The molecule has 4 heteroatoms. The second kappa shape index (κ2) is 8.34. The monoisotopic (exact) mass is 313 g/mol. The van der Waals surface area contributed by atoms with Gasteiger partial charge in [-0.25, -0.2) is 0 Å². The Hall–Kier alpha value is -2.33. The summed E-state index contributed by atoms with van der Waals surface area (Å²) in [7, 11) is 1.99. The van der Waals surface area contributed by atoms with E-state index in [4.69, 9.17) is 4.74 Å². The van der Waals surface area contributed by atoms with Gasteiger partial charge in [-0.2, -0.15) is 0 Å². The predicted octanol–water partition coefficient (Wildman–Crippen LogP) is 1.84. The molecule has 0 fully saturated rings. The molecule has 0 heterocycles.